The fraction of sp³-hybridized carbons (Fsp3) is 0.429. The molecule has 1 unspecified atom stereocenters. The molecule has 0 radical (unpaired) electrons. The summed E-state index contributed by atoms with van der Waals surface area (Å²) in [5.41, 5.74) is 0.293. The maximum Gasteiger partial charge on any atom is 0.337 e. The Morgan fingerprint density at radius 1 is 1.38 bits per heavy atom. The lowest BCUT2D eigenvalue weighted by molar-refractivity contribution is 0.0187. The number of carbonyl (C=O) groups is 2. The van der Waals surface area contributed by atoms with Crippen LogP contribution in [0.4, 0.5) is 10.5 Å². The Bertz CT molecular complexity index is 530. The lowest BCUT2D eigenvalue weighted by Crippen LogP contribution is -2.38. The van der Waals surface area contributed by atoms with Gasteiger partial charge in [0, 0.05) is 17.6 Å². The van der Waals surface area contributed by atoms with Crippen LogP contribution >= 0.6 is 15.9 Å². The van der Waals surface area contributed by atoms with Crippen LogP contribution in [0.5, 0.6) is 0 Å². The number of carboxylic acid groups (broad SMARTS) is 1. The Hall–Kier alpha value is -1.60. The maximum absolute atomic E-state index is 11.9. The number of hydrogen-bond donors (Lipinski definition) is 3. The molecule has 1 atom stereocenters. The van der Waals surface area contributed by atoms with Gasteiger partial charge in [-0.25, -0.2) is 9.59 Å². The summed E-state index contributed by atoms with van der Waals surface area (Å²) in [6.45, 7) is 1.14. The van der Waals surface area contributed by atoms with Gasteiger partial charge < -0.3 is 20.5 Å². The first-order valence-corrected chi connectivity index (χ1v) is 7.55. The first-order chi connectivity index (χ1) is 10.1. The van der Waals surface area contributed by atoms with Crippen LogP contribution in [0.2, 0.25) is 0 Å². The van der Waals surface area contributed by atoms with E-state index in [1.807, 2.05) is 0 Å². The number of ether oxygens (including phenoxy) is 1. The van der Waals surface area contributed by atoms with E-state index < -0.39 is 12.0 Å². The van der Waals surface area contributed by atoms with Crippen LogP contribution in [-0.2, 0) is 4.74 Å². The average Bonchev–Trinajstić information content (AvgIpc) is 2.46. The molecule has 3 N–H and O–H groups in total. The van der Waals surface area contributed by atoms with Crippen molar-refractivity contribution in [1.82, 2.24) is 5.32 Å². The molecule has 1 fully saturated rings. The van der Waals surface area contributed by atoms with E-state index in [4.69, 9.17) is 9.84 Å². The molecule has 1 heterocycles. The zero-order valence-electron chi connectivity index (χ0n) is 11.4. The zero-order chi connectivity index (χ0) is 15.2. The Balaban J connectivity index is 1.92. The van der Waals surface area contributed by atoms with Crippen LogP contribution in [0.1, 0.15) is 29.6 Å². The summed E-state index contributed by atoms with van der Waals surface area (Å²) < 4.78 is 6.21. The summed E-state index contributed by atoms with van der Waals surface area (Å²) in [5.74, 6) is -1.09. The summed E-state index contributed by atoms with van der Waals surface area (Å²) in [7, 11) is 0. The summed E-state index contributed by atoms with van der Waals surface area (Å²) in [5, 5.41) is 14.4. The van der Waals surface area contributed by atoms with Crippen molar-refractivity contribution in [3.8, 4) is 0 Å². The number of carboxylic acids is 1. The lowest BCUT2D eigenvalue weighted by atomic mass is 10.1. The van der Waals surface area contributed by atoms with Gasteiger partial charge in [0.25, 0.3) is 0 Å². The fourth-order valence-corrected chi connectivity index (χ4v) is 2.51. The molecule has 1 saturated heterocycles. The molecule has 2 rings (SSSR count). The van der Waals surface area contributed by atoms with Gasteiger partial charge in [-0.3, -0.25) is 0 Å². The largest absolute Gasteiger partial charge is 0.478 e. The average molecular weight is 357 g/mol. The molecule has 1 aromatic carbocycles. The van der Waals surface area contributed by atoms with E-state index in [0.29, 0.717) is 11.0 Å². The van der Waals surface area contributed by atoms with E-state index in [0.717, 1.165) is 25.9 Å². The van der Waals surface area contributed by atoms with Crippen molar-refractivity contribution in [2.45, 2.75) is 25.4 Å². The molecular formula is C14H17BrN2O4. The summed E-state index contributed by atoms with van der Waals surface area (Å²) in [6.07, 6.45) is 3.12. The van der Waals surface area contributed by atoms with E-state index in [2.05, 4.69) is 26.6 Å². The SMILES string of the molecule is O=C(NCC1CCCCO1)Nc1cc(Br)ccc1C(=O)O. The van der Waals surface area contributed by atoms with Gasteiger partial charge in [0.2, 0.25) is 0 Å². The van der Waals surface area contributed by atoms with Gasteiger partial charge in [0.1, 0.15) is 0 Å². The van der Waals surface area contributed by atoms with Crippen molar-refractivity contribution in [1.29, 1.82) is 0 Å². The van der Waals surface area contributed by atoms with Gasteiger partial charge in [0.15, 0.2) is 0 Å². The second-order valence-corrected chi connectivity index (χ2v) is 5.73. The molecule has 1 aliphatic rings. The van der Waals surface area contributed by atoms with Crippen LogP contribution in [0.25, 0.3) is 0 Å². The number of halogens is 1. The number of rotatable bonds is 4. The second kappa shape index (κ2) is 7.42. The van der Waals surface area contributed by atoms with Crippen molar-refractivity contribution < 1.29 is 19.4 Å². The predicted octanol–water partition coefficient (Wildman–Crippen LogP) is 2.84. The number of amides is 2. The third-order valence-corrected chi connectivity index (χ3v) is 3.72. The normalized spacial score (nSPS) is 18.0. The quantitative estimate of drug-likeness (QED) is 0.773. The van der Waals surface area contributed by atoms with Gasteiger partial charge in [-0.15, -0.1) is 0 Å². The van der Waals surface area contributed by atoms with Crippen molar-refractivity contribution in [2.75, 3.05) is 18.5 Å². The van der Waals surface area contributed by atoms with E-state index in [1.54, 1.807) is 12.1 Å². The lowest BCUT2D eigenvalue weighted by Gasteiger charge is -2.22. The Labute approximate surface area is 131 Å². The molecule has 0 saturated carbocycles. The number of anilines is 1. The molecule has 1 aliphatic heterocycles. The third-order valence-electron chi connectivity index (χ3n) is 3.22. The summed E-state index contributed by atoms with van der Waals surface area (Å²) in [4.78, 5) is 23.0. The molecule has 21 heavy (non-hydrogen) atoms. The molecule has 6 nitrogen and oxygen atoms in total. The Morgan fingerprint density at radius 2 is 2.19 bits per heavy atom. The highest BCUT2D eigenvalue weighted by Gasteiger charge is 2.16. The smallest absolute Gasteiger partial charge is 0.337 e. The molecule has 7 heteroatoms. The van der Waals surface area contributed by atoms with Gasteiger partial charge in [-0.1, -0.05) is 15.9 Å². The number of carbonyl (C=O) groups excluding carboxylic acids is 1. The highest BCUT2D eigenvalue weighted by Crippen LogP contribution is 2.21. The highest BCUT2D eigenvalue weighted by atomic mass is 79.9. The number of hydrogen-bond acceptors (Lipinski definition) is 3. The second-order valence-electron chi connectivity index (χ2n) is 4.82. The molecule has 114 valence electrons. The van der Waals surface area contributed by atoms with Crippen LogP contribution in [0, 0.1) is 0 Å². The van der Waals surface area contributed by atoms with E-state index in [-0.39, 0.29) is 17.4 Å². The van der Waals surface area contributed by atoms with Crippen molar-refractivity contribution in [3.05, 3.63) is 28.2 Å². The first kappa shape index (κ1) is 15.8. The standard InChI is InChI=1S/C14H17BrN2O4/c15-9-4-5-11(13(18)19)12(7-9)17-14(20)16-8-10-3-1-2-6-21-10/h4-5,7,10H,1-3,6,8H2,(H,18,19)(H2,16,17,20). The molecule has 0 bridgehead atoms. The number of aromatic carboxylic acids is 1. The van der Waals surface area contributed by atoms with E-state index in [1.165, 1.54) is 6.07 Å². The maximum atomic E-state index is 11.9. The Kier molecular flexibility index (Phi) is 5.58. The molecule has 1 aromatic rings. The number of urea groups is 1. The summed E-state index contributed by atoms with van der Waals surface area (Å²) >= 11 is 3.25. The fourth-order valence-electron chi connectivity index (χ4n) is 2.15. The Morgan fingerprint density at radius 3 is 2.86 bits per heavy atom. The monoisotopic (exact) mass is 356 g/mol. The first-order valence-electron chi connectivity index (χ1n) is 6.75. The topological polar surface area (TPSA) is 87.7 Å². The number of nitrogens with one attached hydrogen (secondary N) is 2. The molecule has 0 aliphatic carbocycles. The van der Waals surface area contributed by atoms with Gasteiger partial charge in [0.05, 0.1) is 17.4 Å². The predicted molar refractivity (Wildman–Crippen MR) is 81.7 cm³/mol. The minimum atomic E-state index is -1.09. The third kappa shape index (κ3) is 4.71. The molecule has 2 amide bonds. The van der Waals surface area contributed by atoms with Gasteiger partial charge in [-0.05, 0) is 37.5 Å². The minimum Gasteiger partial charge on any atom is -0.478 e. The zero-order valence-corrected chi connectivity index (χ0v) is 13.0. The van der Waals surface area contributed by atoms with Crippen molar-refractivity contribution >= 4 is 33.6 Å². The van der Waals surface area contributed by atoms with Crippen LogP contribution in [0.3, 0.4) is 0 Å². The molecule has 0 aromatic heterocycles. The van der Waals surface area contributed by atoms with E-state index >= 15 is 0 Å². The number of benzene rings is 1. The highest BCUT2D eigenvalue weighted by molar-refractivity contribution is 9.10. The van der Waals surface area contributed by atoms with Gasteiger partial charge in [-0.2, -0.15) is 0 Å². The summed E-state index contributed by atoms with van der Waals surface area (Å²) in [6, 6.07) is 4.17. The van der Waals surface area contributed by atoms with Crippen molar-refractivity contribution in [3.63, 3.8) is 0 Å². The van der Waals surface area contributed by atoms with Crippen molar-refractivity contribution in [2.24, 2.45) is 0 Å². The molecular weight excluding hydrogens is 340 g/mol. The van der Waals surface area contributed by atoms with Crippen LogP contribution < -0.4 is 10.6 Å². The molecule has 0 spiro atoms. The minimum absolute atomic E-state index is 0.0333. The van der Waals surface area contributed by atoms with Crippen LogP contribution in [0.15, 0.2) is 22.7 Å². The van der Waals surface area contributed by atoms with Gasteiger partial charge >= 0.3 is 12.0 Å². The van der Waals surface area contributed by atoms with Crippen LogP contribution in [-0.4, -0.2) is 36.4 Å². The van der Waals surface area contributed by atoms with E-state index in [9.17, 15) is 9.59 Å².